The topological polar surface area (TPSA) is 115 Å². The Kier molecular flexibility index (Phi) is 8.75. The number of carbonyl (C=O) groups is 1. The van der Waals surface area contributed by atoms with Crippen LogP contribution in [0.4, 0.5) is 11.4 Å². The molecule has 0 aliphatic heterocycles. The van der Waals surface area contributed by atoms with Crippen molar-refractivity contribution in [2.75, 3.05) is 32.2 Å². The average Bonchev–Trinajstić information content (AvgIpc) is 3.38. The lowest BCUT2D eigenvalue weighted by atomic mass is 10.2. The van der Waals surface area contributed by atoms with Crippen molar-refractivity contribution in [1.29, 1.82) is 0 Å². The van der Waals surface area contributed by atoms with Crippen LogP contribution in [0.15, 0.2) is 55.0 Å². The molecule has 0 saturated carbocycles. The predicted octanol–water partition coefficient (Wildman–Crippen LogP) is 4.51. The number of benzene rings is 2. The fourth-order valence-corrected chi connectivity index (χ4v) is 4.14. The van der Waals surface area contributed by atoms with Crippen molar-refractivity contribution in [3.8, 4) is 22.8 Å². The highest BCUT2D eigenvalue weighted by Gasteiger charge is 2.15. The molecule has 0 unspecified atom stereocenters. The fraction of sp³-hybridized carbons (Fsp3) is 0.357. The van der Waals surface area contributed by atoms with Crippen molar-refractivity contribution in [3.63, 3.8) is 0 Å². The number of hydrogen-bond donors (Lipinski definition) is 2. The molecule has 2 N–H and O–H groups in total. The Balaban J connectivity index is 1.66. The standard InChI is InChI=1S/C28H34N6O4/c1-19(2)29-9-11-34(22-12-23(37-3)15-24(13-22)38-4)21-7-8-25-26(14-21)32-27(17-30-25)20-16-31-33(18-20)10-5-6-28(35)36/h7-8,12-19,29H,5-6,9-11H2,1-4H3,(H,35,36). The summed E-state index contributed by atoms with van der Waals surface area (Å²) >= 11 is 0. The maximum atomic E-state index is 10.8. The van der Waals surface area contributed by atoms with Crippen LogP contribution in [-0.2, 0) is 11.3 Å². The molecule has 0 amide bonds. The molecule has 0 aliphatic rings. The molecule has 0 spiro atoms. The van der Waals surface area contributed by atoms with Crippen molar-refractivity contribution < 1.29 is 19.4 Å². The smallest absolute Gasteiger partial charge is 0.303 e. The Bertz CT molecular complexity index is 1360. The molecule has 0 fully saturated rings. The molecular weight excluding hydrogens is 484 g/mol. The molecule has 2 aromatic carbocycles. The van der Waals surface area contributed by atoms with Gasteiger partial charge in [-0.2, -0.15) is 5.10 Å². The van der Waals surface area contributed by atoms with Crippen LogP contribution in [-0.4, -0.2) is 64.2 Å². The van der Waals surface area contributed by atoms with Crippen LogP contribution in [0.3, 0.4) is 0 Å². The Morgan fingerprint density at radius 3 is 2.50 bits per heavy atom. The third kappa shape index (κ3) is 6.77. The molecule has 0 radical (unpaired) electrons. The number of aliphatic carboxylic acids is 1. The van der Waals surface area contributed by atoms with Crippen LogP contribution in [0.5, 0.6) is 11.5 Å². The van der Waals surface area contributed by atoms with E-state index >= 15 is 0 Å². The van der Waals surface area contributed by atoms with Gasteiger partial charge < -0.3 is 24.8 Å². The largest absolute Gasteiger partial charge is 0.497 e. The number of carboxylic acid groups (broad SMARTS) is 1. The molecule has 10 nitrogen and oxygen atoms in total. The molecule has 0 atom stereocenters. The highest BCUT2D eigenvalue weighted by molar-refractivity contribution is 5.82. The number of nitrogens with one attached hydrogen (secondary N) is 1. The molecule has 4 aromatic rings. The SMILES string of the molecule is COc1cc(OC)cc(N(CCNC(C)C)c2ccc3ncc(-c4cnn(CCCC(=O)O)c4)nc3c2)c1. The van der Waals surface area contributed by atoms with Gasteiger partial charge in [0.05, 0.1) is 43.3 Å². The van der Waals surface area contributed by atoms with Gasteiger partial charge in [0.25, 0.3) is 0 Å². The number of hydrogen-bond acceptors (Lipinski definition) is 8. The normalized spacial score (nSPS) is 11.2. The number of anilines is 2. The summed E-state index contributed by atoms with van der Waals surface area (Å²) in [5, 5.41) is 16.7. The summed E-state index contributed by atoms with van der Waals surface area (Å²) < 4.78 is 12.8. The quantitative estimate of drug-likeness (QED) is 0.264. The van der Waals surface area contributed by atoms with Gasteiger partial charge in [0.15, 0.2) is 0 Å². The van der Waals surface area contributed by atoms with E-state index in [9.17, 15) is 4.79 Å². The van der Waals surface area contributed by atoms with Crippen LogP contribution in [0.1, 0.15) is 26.7 Å². The molecule has 2 aromatic heterocycles. The number of ether oxygens (including phenoxy) is 2. The van der Waals surface area contributed by atoms with Gasteiger partial charge in [0, 0.05) is 73.4 Å². The third-order valence-corrected chi connectivity index (χ3v) is 6.08. The third-order valence-electron chi connectivity index (χ3n) is 6.08. The lowest BCUT2D eigenvalue weighted by Gasteiger charge is -2.27. The minimum Gasteiger partial charge on any atom is -0.497 e. The first-order chi connectivity index (χ1) is 18.4. The summed E-state index contributed by atoms with van der Waals surface area (Å²) in [5.41, 5.74) is 4.99. The number of aromatic nitrogens is 4. The van der Waals surface area contributed by atoms with Crippen LogP contribution >= 0.6 is 0 Å². The van der Waals surface area contributed by atoms with E-state index in [1.807, 2.05) is 42.6 Å². The maximum Gasteiger partial charge on any atom is 0.303 e. The van der Waals surface area contributed by atoms with Gasteiger partial charge in [0.2, 0.25) is 0 Å². The van der Waals surface area contributed by atoms with Crippen molar-refractivity contribution in [2.45, 2.75) is 39.3 Å². The zero-order valence-corrected chi connectivity index (χ0v) is 22.2. The van der Waals surface area contributed by atoms with Crippen molar-refractivity contribution >= 4 is 28.4 Å². The molecule has 0 bridgehead atoms. The summed E-state index contributed by atoms with van der Waals surface area (Å²) in [6.07, 6.45) is 5.95. The van der Waals surface area contributed by atoms with Gasteiger partial charge in [-0.15, -0.1) is 0 Å². The first-order valence-corrected chi connectivity index (χ1v) is 12.6. The van der Waals surface area contributed by atoms with E-state index in [0.29, 0.717) is 36.2 Å². The van der Waals surface area contributed by atoms with E-state index < -0.39 is 5.97 Å². The molecule has 2 heterocycles. The van der Waals surface area contributed by atoms with Gasteiger partial charge in [-0.1, -0.05) is 13.8 Å². The summed E-state index contributed by atoms with van der Waals surface area (Å²) in [6.45, 7) is 6.28. The first-order valence-electron chi connectivity index (χ1n) is 12.6. The van der Waals surface area contributed by atoms with Crippen LogP contribution in [0.25, 0.3) is 22.3 Å². The second-order valence-electron chi connectivity index (χ2n) is 9.25. The lowest BCUT2D eigenvalue weighted by Crippen LogP contribution is -2.32. The zero-order chi connectivity index (χ0) is 27.1. The number of methoxy groups -OCH3 is 2. The van der Waals surface area contributed by atoms with Crippen LogP contribution < -0.4 is 19.7 Å². The highest BCUT2D eigenvalue weighted by Crippen LogP contribution is 2.34. The zero-order valence-electron chi connectivity index (χ0n) is 22.2. The molecule has 200 valence electrons. The molecule has 38 heavy (non-hydrogen) atoms. The Morgan fingerprint density at radius 2 is 1.82 bits per heavy atom. The monoisotopic (exact) mass is 518 g/mol. The molecule has 0 saturated heterocycles. The van der Waals surface area contributed by atoms with E-state index in [1.165, 1.54) is 0 Å². The molecule has 0 aliphatic carbocycles. The van der Waals surface area contributed by atoms with E-state index in [0.717, 1.165) is 41.1 Å². The number of rotatable bonds is 13. The second kappa shape index (κ2) is 12.4. The Labute approximate surface area is 222 Å². The van der Waals surface area contributed by atoms with Crippen molar-refractivity contribution in [2.24, 2.45) is 0 Å². The Hall–Kier alpha value is -4.18. The van der Waals surface area contributed by atoms with Gasteiger partial charge >= 0.3 is 5.97 Å². The van der Waals surface area contributed by atoms with Gasteiger partial charge in [0.1, 0.15) is 11.5 Å². The van der Waals surface area contributed by atoms with Crippen molar-refractivity contribution in [1.82, 2.24) is 25.1 Å². The minimum absolute atomic E-state index is 0.107. The lowest BCUT2D eigenvalue weighted by molar-refractivity contribution is -0.137. The summed E-state index contributed by atoms with van der Waals surface area (Å²) in [6, 6.07) is 12.2. The summed E-state index contributed by atoms with van der Waals surface area (Å²) in [4.78, 5) is 22.5. The fourth-order valence-electron chi connectivity index (χ4n) is 4.14. The van der Waals surface area contributed by atoms with E-state index in [4.69, 9.17) is 19.6 Å². The van der Waals surface area contributed by atoms with Gasteiger partial charge in [-0.05, 0) is 24.6 Å². The Morgan fingerprint density at radius 1 is 1.05 bits per heavy atom. The number of carboxylic acids is 1. The first kappa shape index (κ1) is 26.9. The number of fused-ring (bicyclic) bond motifs is 1. The molecule has 4 rings (SSSR count). The molecule has 10 heteroatoms. The van der Waals surface area contributed by atoms with Crippen LogP contribution in [0.2, 0.25) is 0 Å². The van der Waals surface area contributed by atoms with E-state index in [1.54, 1.807) is 31.3 Å². The number of aryl methyl sites for hydroxylation is 1. The van der Waals surface area contributed by atoms with E-state index in [2.05, 4.69) is 34.1 Å². The van der Waals surface area contributed by atoms with Gasteiger partial charge in [-0.3, -0.25) is 14.5 Å². The highest BCUT2D eigenvalue weighted by atomic mass is 16.5. The summed E-state index contributed by atoms with van der Waals surface area (Å²) in [5.74, 6) is 0.615. The second-order valence-corrected chi connectivity index (χ2v) is 9.25. The average molecular weight is 519 g/mol. The maximum absolute atomic E-state index is 10.8. The number of nitrogens with zero attached hydrogens (tertiary/aromatic N) is 5. The molecular formula is C28H34N6O4. The van der Waals surface area contributed by atoms with Crippen molar-refractivity contribution in [3.05, 3.63) is 55.0 Å². The van der Waals surface area contributed by atoms with Crippen LogP contribution in [0, 0.1) is 0 Å². The minimum atomic E-state index is -0.810. The van der Waals surface area contributed by atoms with Gasteiger partial charge in [-0.25, -0.2) is 4.98 Å². The van der Waals surface area contributed by atoms with E-state index in [-0.39, 0.29) is 6.42 Å². The summed E-state index contributed by atoms with van der Waals surface area (Å²) in [7, 11) is 3.29. The predicted molar refractivity (Wildman–Crippen MR) is 147 cm³/mol.